The second kappa shape index (κ2) is 19.3. The number of halogens is 1. The van der Waals surface area contributed by atoms with Crippen molar-refractivity contribution in [3.05, 3.63) is 12.2 Å². The molecule has 0 aliphatic rings. The average molecular weight is 360 g/mol. The molecule has 0 bridgehead atoms. The first kappa shape index (κ1) is 26.2. The number of unbranched alkanes of at least 4 members (excludes halogenated alkanes) is 14. The van der Waals surface area contributed by atoms with Crippen LogP contribution in [0.2, 0.25) is 0 Å². The van der Waals surface area contributed by atoms with E-state index in [1.165, 1.54) is 96.3 Å². The zero-order chi connectivity index (χ0) is 17.2. The van der Waals surface area contributed by atoms with Crippen LogP contribution >= 0.6 is 0 Å². The minimum atomic E-state index is 0. The van der Waals surface area contributed by atoms with E-state index in [0.717, 1.165) is 11.0 Å². The highest BCUT2D eigenvalue weighted by molar-refractivity contribution is 4.81. The highest BCUT2D eigenvalue weighted by atomic mass is 35.5. The van der Waals surface area contributed by atoms with Crippen LogP contribution in [0.3, 0.4) is 0 Å². The van der Waals surface area contributed by atoms with Crippen molar-refractivity contribution in [2.24, 2.45) is 0 Å². The van der Waals surface area contributed by atoms with E-state index in [1.807, 2.05) is 0 Å². The molecule has 0 amide bonds. The fraction of sp³-hybridized carbons (Fsp3) is 0.909. The Balaban J connectivity index is 0. The molecule has 0 spiro atoms. The first-order valence-corrected chi connectivity index (χ1v) is 10.5. The number of rotatable bonds is 17. The lowest BCUT2D eigenvalue weighted by Crippen LogP contribution is -3.00. The number of quaternary nitrogens is 1. The van der Waals surface area contributed by atoms with Gasteiger partial charge in [0.05, 0.1) is 27.7 Å². The van der Waals surface area contributed by atoms with Gasteiger partial charge in [0.15, 0.2) is 0 Å². The molecule has 0 radical (unpaired) electrons. The highest BCUT2D eigenvalue weighted by Gasteiger charge is 2.01. The van der Waals surface area contributed by atoms with Crippen molar-refractivity contribution in [1.82, 2.24) is 0 Å². The van der Waals surface area contributed by atoms with Crippen molar-refractivity contribution < 1.29 is 16.9 Å². The molecule has 24 heavy (non-hydrogen) atoms. The van der Waals surface area contributed by atoms with Crippen molar-refractivity contribution in [2.75, 3.05) is 27.7 Å². The third-order valence-electron chi connectivity index (χ3n) is 4.54. The molecule has 0 atom stereocenters. The predicted molar refractivity (Wildman–Crippen MR) is 107 cm³/mol. The Morgan fingerprint density at radius 2 is 0.917 bits per heavy atom. The van der Waals surface area contributed by atoms with Gasteiger partial charge in [0.1, 0.15) is 0 Å². The van der Waals surface area contributed by atoms with Gasteiger partial charge in [-0.1, -0.05) is 96.5 Å². The van der Waals surface area contributed by atoms with Crippen LogP contribution < -0.4 is 12.4 Å². The van der Waals surface area contributed by atoms with E-state index in [-0.39, 0.29) is 12.4 Å². The SMILES string of the molecule is CCCCCCCCCCCCCCCCC=CC[N+](C)(C)C.[Cl-]. The van der Waals surface area contributed by atoms with Crippen molar-refractivity contribution in [3.63, 3.8) is 0 Å². The summed E-state index contributed by atoms with van der Waals surface area (Å²) in [4.78, 5) is 0. The second-order valence-corrected chi connectivity index (χ2v) is 8.33. The molecule has 2 heteroatoms. The van der Waals surface area contributed by atoms with Crippen LogP contribution in [0.1, 0.15) is 103 Å². The Kier molecular flexibility index (Phi) is 21.1. The largest absolute Gasteiger partial charge is 1.00 e. The summed E-state index contributed by atoms with van der Waals surface area (Å²) >= 11 is 0. The summed E-state index contributed by atoms with van der Waals surface area (Å²) in [6, 6.07) is 0. The van der Waals surface area contributed by atoms with Crippen LogP contribution in [0.4, 0.5) is 0 Å². The summed E-state index contributed by atoms with van der Waals surface area (Å²) in [5, 5.41) is 0. The topological polar surface area (TPSA) is 0 Å². The average Bonchev–Trinajstić information content (AvgIpc) is 2.49. The zero-order valence-electron chi connectivity index (χ0n) is 17.3. The van der Waals surface area contributed by atoms with E-state index in [4.69, 9.17) is 0 Å². The van der Waals surface area contributed by atoms with Crippen LogP contribution in [-0.4, -0.2) is 32.2 Å². The molecule has 0 unspecified atom stereocenters. The smallest absolute Gasteiger partial charge is 0.0967 e. The van der Waals surface area contributed by atoms with Gasteiger partial charge >= 0.3 is 0 Å². The normalized spacial score (nSPS) is 11.8. The molecule has 0 aromatic heterocycles. The molecular formula is C22H46ClN. The molecule has 0 N–H and O–H groups in total. The molecule has 0 saturated carbocycles. The van der Waals surface area contributed by atoms with Crippen molar-refractivity contribution in [1.29, 1.82) is 0 Å². The molecule has 0 rings (SSSR count). The lowest BCUT2D eigenvalue weighted by Gasteiger charge is -2.21. The van der Waals surface area contributed by atoms with E-state index >= 15 is 0 Å². The summed E-state index contributed by atoms with van der Waals surface area (Å²) in [5.41, 5.74) is 0. The molecule has 1 nitrogen and oxygen atoms in total. The monoisotopic (exact) mass is 359 g/mol. The van der Waals surface area contributed by atoms with Gasteiger partial charge in [-0.25, -0.2) is 0 Å². The van der Waals surface area contributed by atoms with E-state index in [1.54, 1.807) is 0 Å². The standard InChI is InChI=1S/C22H46N.ClH/c1-5-6-7-8-9-10-11-12-13-14-15-16-17-18-19-20-21-22-23(2,3)4;/h20-21H,5-19,22H2,1-4H3;1H/q+1;/p-1. The van der Waals surface area contributed by atoms with Crippen LogP contribution in [-0.2, 0) is 0 Å². The lowest BCUT2D eigenvalue weighted by molar-refractivity contribution is -0.864. The van der Waals surface area contributed by atoms with E-state index in [0.29, 0.717) is 0 Å². The Morgan fingerprint density at radius 1 is 0.542 bits per heavy atom. The fourth-order valence-corrected chi connectivity index (χ4v) is 2.97. The number of hydrogen-bond acceptors (Lipinski definition) is 0. The number of hydrogen-bond donors (Lipinski definition) is 0. The Hall–Kier alpha value is -0.0100. The van der Waals surface area contributed by atoms with Gasteiger partial charge in [-0.15, -0.1) is 0 Å². The Morgan fingerprint density at radius 3 is 1.29 bits per heavy atom. The van der Waals surface area contributed by atoms with E-state index in [9.17, 15) is 0 Å². The van der Waals surface area contributed by atoms with Gasteiger partial charge in [0.25, 0.3) is 0 Å². The van der Waals surface area contributed by atoms with E-state index in [2.05, 4.69) is 40.2 Å². The van der Waals surface area contributed by atoms with Gasteiger partial charge < -0.3 is 16.9 Å². The number of likely N-dealkylation sites (N-methyl/N-ethyl adjacent to an activating group) is 1. The summed E-state index contributed by atoms with van der Waals surface area (Å²) < 4.78 is 1.04. The Bertz CT molecular complexity index is 255. The summed E-state index contributed by atoms with van der Waals surface area (Å²) in [6.45, 7) is 3.45. The number of allylic oxidation sites excluding steroid dienone is 1. The highest BCUT2D eigenvalue weighted by Crippen LogP contribution is 2.13. The number of nitrogens with zero attached hydrogens (tertiary/aromatic N) is 1. The van der Waals surface area contributed by atoms with Crippen LogP contribution in [0.5, 0.6) is 0 Å². The van der Waals surface area contributed by atoms with Gasteiger partial charge in [-0.2, -0.15) is 0 Å². The first-order chi connectivity index (χ1) is 11.1. The maximum absolute atomic E-state index is 2.38. The first-order valence-electron chi connectivity index (χ1n) is 10.5. The molecule has 146 valence electrons. The van der Waals surface area contributed by atoms with Crippen molar-refractivity contribution in [2.45, 2.75) is 103 Å². The summed E-state index contributed by atoms with van der Waals surface area (Å²) in [7, 11) is 6.74. The molecular weight excluding hydrogens is 314 g/mol. The zero-order valence-corrected chi connectivity index (χ0v) is 18.0. The molecule has 0 fully saturated rings. The molecule has 0 saturated heterocycles. The predicted octanol–water partition coefficient (Wildman–Crippen LogP) is 4.12. The van der Waals surface area contributed by atoms with Gasteiger partial charge in [-0.3, -0.25) is 0 Å². The third-order valence-corrected chi connectivity index (χ3v) is 4.54. The maximum Gasteiger partial charge on any atom is 0.0967 e. The second-order valence-electron chi connectivity index (χ2n) is 8.33. The molecule has 0 aliphatic heterocycles. The van der Waals surface area contributed by atoms with Crippen LogP contribution in [0.15, 0.2) is 12.2 Å². The van der Waals surface area contributed by atoms with Crippen LogP contribution in [0, 0.1) is 0 Å². The third kappa shape index (κ3) is 24.2. The van der Waals surface area contributed by atoms with Crippen molar-refractivity contribution >= 4 is 0 Å². The fourth-order valence-electron chi connectivity index (χ4n) is 2.97. The van der Waals surface area contributed by atoms with Gasteiger partial charge in [0, 0.05) is 0 Å². The molecule has 0 aromatic carbocycles. The van der Waals surface area contributed by atoms with Gasteiger partial charge in [-0.05, 0) is 18.9 Å². The van der Waals surface area contributed by atoms with Gasteiger partial charge in [0.2, 0.25) is 0 Å². The maximum atomic E-state index is 2.38. The molecule has 0 heterocycles. The van der Waals surface area contributed by atoms with Crippen LogP contribution in [0.25, 0.3) is 0 Å². The molecule has 0 aromatic rings. The summed E-state index contributed by atoms with van der Waals surface area (Å²) in [6.07, 6.45) is 26.3. The minimum absolute atomic E-state index is 0. The van der Waals surface area contributed by atoms with Crippen molar-refractivity contribution in [3.8, 4) is 0 Å². The lowest BCUT2D eigenvalue weighted by atomic mass is 10.0. The Labute approximate surface area is 160 Å². The minimum Gasteiger partial charge on any atom is -1.00 e. The summed E-state index contributed by atoms with van der Waals surface area (Å²) in [5.74, 6) is 0. The van der Waals surface area contributed by atoms with E-state index < -0.39 is 0 Å². The quantitative estimate of drug-likeness (QED) is 0.208. The molecule has 0 aliphatic carbocycles.